The SMILES string of the molecule is CCC(C)(C)c1cc(C)c(-c2ccccn2)cc1C.CCF. The van der Waals surface area contributed by atoms with Gasteiger partial charge < -0.3 is 0 Å². The van der Waals surface area contributed by atoms with Crippen LogP contribution in [-0.2, 0) is 5.41 Å². The molecule has 0 aliphatic heterocycles. The van der Waals surface area contributed by atoms with E-state index in [4.69, 9.17) is 0 Å². The third-order valence-electron chi connectivity index (χ3n) is 4.13. The molecule has 0 fully saturated rings. The maximum Gasteiger partial charge on any atom is 0.0866 e. The second-order valence-corrected chi connectivity index (χ2v) is 6.20. The van der Waals surface area contributed by atoms with E-state index in [0.29, 0.717) is 0 Å². The minimum atomic E-state index is -0.250. The molecule has 0 N–H and O–H groups in total. The lowest BCUT2D eigenvalue weighted by molar-refractivity contribution is 0.503. The van der Waals surface area contributed by atoms with E-state index in [2.05, 4.69) is 57.8 Å². The first-order chi connectivity index (χ1) is 10.4. The summed E-state index contributed by atoms with van der Waals surface area (Å²) in [6.07, 6.45) is 3.00. The van der Waals surface area contributed by atoms with Gasteiger partial charge in [0.25, 0.3) is 0 Å². The Kier molecular flexibility index (Phi) is 6.73. The highest BCUT2D eigenvalue weighted by molar-refractivity contribution is 5.65. The first-order valence-electron chi connectivity index (χ1n) is 7.96. The molecule has 1 aromatic heterocycles. The molecule has 0 amide bonds. The van der Waals surface area contributed by atoms with Crippen LogP contribution < -0.4 is 0 Å². The van der Waals surface area contributed by atoms with E-state index in [-0.39, 0.29) is 12.1 Å². The third-order valence-corrected chi connectivity index (χ3v) is 4.13. The van der Waals surface area contributed by atoms with Gasteiger partial charge in [-0.2, -0.15) is 0 Å². The number of benzene rings is 1. The van der Waals surface area contributed by atoms with Crippen molar-refractivity contribution in [3.63, 3.8) is 0 Å². The summed E-state index contributed by atoms with van der Waals surface area (Å²) in [5, 5.41) is 0. The van der Waals surface area contributed by atoms with Crippen molar-refractivity contribution in [1.29, 1.82) is 0 Å². The highest BCUT2D eigenvalue weighted by Crippen LogP contribution is 2.33. The van der Waals surface area contributed by atoms with Crippen molar-refractivity contribution in [2.75, 3.05) is 6.67 Å². The fraction of sp³-hybridized carbons (Fsp3) is 0.450. The topological polar surface area (TPSA) is 12.9 Å². The van der Waals surface area contributed by atoms with Crippen LogP contribution in [-0.4, -0.2) is 11.7 Å². The normalized spacial score (nSPS) is 10.9. The minimum Gasteiger partial charge on any atom is -0.256 e. The lowest BCUT2D eigenvalue weighted by Crippen LogP contribution is -2.17. The molecule has 0 aliphatic rings. The molecule has 1 heterocycles. The Labute approximate surface area is 134 Å². The molecule has 0 radical (unpaired) electrons. The van der Waals surface area contributed by atoms with Crippen molar-refractivity contribution in [2.24, 2.45) is 0 Å². The van der Waals surface area contributed by atoms with Crippen LogP contribution in [0.15, 0.2) is 36.5 Å². The van der Waals surface area contributed by atoms with Gasteiger partial charge in [-0.25, -0.2) is 0 Å². The Balaban J connectivity index is 0.000000745. The number of pyridine rings is 1. The molecule has 0 spiro atoms. The monoisotopic (exact) mass is 301 g/mol. The largest absolute Gasteiger partial charge is 0.256 e. The number of hydrogen-bond donors (Lipinski definition) is 0. The summed E-state index contributed by atoms with van der Waals surface area (Å²) in [6, 6.07) is 10.7. The number of aromatic nitrogens is 1. The molecule has 22 heavy (non-hydrogen) atoms. The Morgan fingerprint density at radius 1 is 1.05 bits per heavy atom. The maximum absolute atomic E-state index is 10.3. The zero-order valence-corrected chi connectivity index (χ0v) is 14.7. The van der Waals surface area contributed by atoms with Crippen LogP contribution in [0.5, 0.6) is 0 Å². The van der Waals surface area contributed by atoms with E-state index in [1.807, 2.05) is 18.3 Å². The molecule has 0 atom stereocenters. The molecule has 1 aromatic carbocycles. The van der Waals surface area contributed by atoms with E-state index in [1.165, 1.54) is 29.2 Å². The zero-order chi connectivity index (χ0) is 16.8. The zero-order valence-electron chi connectivity index (χ0n) is 14.7. The van der Waals surface area contributed by atoms with Gasteiger partial charge in [-0.1, -0.05) is 32.9 Å². The van der Waals surface area contributed by atoms with Gasteiger partial charge in [0.2, 0.25) is 0 Å². The molecule has 2 rings (SSSR count). The van der Waals surface area contributed by atoms with E-state index >= 15 is 0 Å². The summed E-state index contributed by atoms with van der Waals surface area (Å²) in [6.45, 7) is 12.5. The molecule has 2 heteroatoms. The first kappa shape index (κ1) is 18.3. The predicted octanol–water partition coefficient (Wildman–Crippen LogP) is 6.03. The molecule has 0 saturated carbocycles. The quantitative estimate of drug-likeness (QED) is 0.674. The van der Waals surface area contributed by atoms with Gasteiger partial charge in [0, 0.05) is 11.8 Å². The highest BCUT2D eigenvalue weighted by atomic mass is 19.1. The molecule has 2 aromatic rings. The van der Waals surface area contributed by atoms with Gasteiger partial charge in [0.05, 0.1) is 12.4 Å². The summed E-state index contributed by atoms with van der Waals surface area (Å²) in [5.41, 5.74) is 6.65. The minimum absolute atomic E-state index is 0.234. The summed E-state index contributed by atoms with van der Waals surface area (Å²) >= 11 is 0. The van der Waals surface area contributed by atoms with E-state index in [9.17, 15) is 4.39 Å². The average Bonchev–Trinajstić information content (AvgIpc) is 2.50. The maximum atomic E-state index is 10.3. The molecular weight excluding hydrogens is 273 g/mol. The number of hydrogen-bond acceptors (Lipinski definition) is 1. The number of alkyl halides is 1. The summed E-state index contributed by atoms with van der Waals surface area (Å²) in [5.74, 6) is 0. The van der Waals surface area contributed by atoms with Crippen LogP contribution in [0, 0.1) is 13.8 Å². The summed E-state index contributed by atoms with van der Waals surface area (Å²) < 4.78 is 10.3. The molecule has 0 aliphatic carbocycles. The standard InChI is InChI=1S/C18H23N.C2H5F/c1-6-18(4,5)16-12-13(2)15(11-14(16)3)17-9-7-8-10-19-17;1-2-3/h7-12H,6H2,1-5H3;2H2,1H3. The fourth-order valence-corrected chi connectivity index (χ4v) is 2.53. The van der Waals surface area contributed by atoms with Crippen molar-refractivity contribution < 1.29 is 4.39 Å². The van der Waals surface area contributed by atoms with Crippen LogP contribution in [0.4, 0.5) is 4.39 Å². The van der Waals surface area contributed by atoms with Crippen molar-refractivity contribution in [3.05, 3.63) is 53.2 Å². The Morgan fingerprint density at radius 3 is 2.18 bits per heavy atom. The molecule has 1 nitrogen and oxygen atoms in total. The van der Waals surface area contributed by atoms with Crippen molar-refractivity contribution in [3.8, 4) is 11.3 Å². The smallest absolute Gasteiger partial charge is 0.0866 e. The van der Waals surface area contributed by atoms with Crippen molar-refractivity contribution >= 4 is 0 Å². The number of aryl methyl sites for hydroxylation is 2. The van der Waals surface area contributed by atoms with Gasteiger partial charge in [0.1, 0.15) is 0 Å². The van der Waals surface area contributed by atoms with Crippen LogP contribution in [0.1, 0.15) is 50.8 Å². The van der Waals surface area contributed by atoms with Gasteiger partial charge in [-0.3, -0.25) is 9.37 Å². The van der Waals surface area contributed by atoms with Crippen LogP contribution >= 0.6 is 0 Å². The molecule has 120 valence electrons. The van der Waals surface area contributed by atoms with Gasteiger partial charge in [0.15, 0.2) is 0 Å². The number of nitrogens with zero attached hydrogens (tertiary/aromatic N) is 1. The molecule has 0 unspecified atom stereocenters. The van der Waals surface area contributed by atoms with Gasteiger partial charge >= 0.3 is 0 Å². The second-order valence-electron chi connectivity index (χ2n) is 6.20. The van der Waals surface area contributed by atoms with E-state index in [0.717, 1.165) is 12.1 Å². The number of rotatable bonds is 3. The van der Waals surface area contributed by atoms with Crippen LogP contribution in [0.3, 0.4) is 0 Å². The summed E-state index contributed by atoms with van der Waals surface area (Å²) in [4.78, 5) is 4.46. The van der Waals surface area contributed by atoms with E-state index < -0.39 is 0 Å². The first-order valence-corrected chi connectivity index (χ1v) is 7.96. The summed E-state index contributed by atoms with van der Waals surface area (Å²) in [7, 11) is 0. The Hall–Kier alpha value is -1.70. The third kappa shape index (κ3) is 4.40. The van der Waals surface area contributed by atoms with Gasteiger partial charge in [-0.15, -0.1) is 0 Å². The molecule has 0 bridgehead atoms. The lowest BCUT2D eigenvalue weighted by atomic mass is 9.78. The highest BCUT2D eigenvalue weighted by Gasteiger charge is 2.21. The van der Waals surface area contributed by atoms with Gasteiger partial charge in [-0.05, 0) is 67.5 Å². The Bertz CT molecular complexity index is 588. The van der Waals surface area contributed by atoms with E-state index in [1.54, 1.807) is 0 Å². The number of halogens is 1. The average molecular weight is 301 g/mol. The molecular formula is C20H28FN. The second kappa shape index (κ2) is 8.07. The van der Waals surface area contributed by atoms with Crippen LogP contribution in [0.25, 0.3) is 11.3 Å². The van der Waals surface area contributed by atoms with Crippen molar-refractivity contribution in [2.45, 2.75) is 53.4 Å². The Morgan fingerprint density at radius 2 is 1.68 bits per heavy atom. The lowest BCUT2D eigenvalue weighted by Gasteiger charge is -2.27. The van der Waals surface area contributed by atoms with Crippen LogP contribution in [0.2, 0.25) is 0 Å². The molecule has 0 saturated heterocycles. The van der Waals surface area contributed by atoms with Crippen molar-refractivity contribution in [1.82, 2.24) is 4.98 Å². The predicted molar refractivity (Wildman–Crippen MR) is 94.1 cm³/mol. The fourth-order valence-electron chi connectivity index (χ4n) is 2.53.